The monoisotopic (exact) mass is 511 g/mol. The Labute approximate surface area is 210 Å². The number of aromatic nitrogens is 2. The predicted molar refractivity (Wildman–Crippen MR) is 131 cm³/mol. The van der Waals surface area contributed by atoms with Crippen LogP contribution >= 0.6 is 0 Å². The maximum Gasteiger partial charge on any atom is 0.272 e. The van der Waals surface area contributed by atoms with Crippen molar-refractivity contribution in [1.82, 2.24) is 14.7 Å². The zero-order chi connectivity index (χ0) is 25.9. The van der Waals surface area contributed by atoms with Crippen molar-refractivity contribution in [3.63, 3.8) is 0 Å². The van der Waals surface area contributed by atoms with E-state index in [4.69, 9.17) is 10.1 Å². The molecule has 0 saturated heterocycles. The number of aryl methyl sites for hydroxylation is 1. The van der Waals surface area contributed by atoms with Crippen molar-refractivity contribution in [3.05, 3.63) is 52.3 Å². The molecule has 3 heterocycles. The van der Waals surface area contributed by atoms with E-state index < -0.39 is 25.9 Å². The van der Waals surface area contributed by atoms with Gasteiger partial charge in [0.15, 0.2) is 15.9 Å². The van der Waals surface area contributed by atoms with Gasteiger partial charge in [0.1, 0.15) is 17.1 Å². The minimum Gasteiger partial charge on any atom is -0.395 e. The van der Waals surface area contributed by atoms with E-state index in [0.29, 0.717) is 54.9 Å². The summed E-state index contributed by atoms with van der Waals surface area (Å²) in [5.74, 6) is -0.246. The Morgan fingerprint density at radius 2 is 1.97 bits per heavy atom. The van der Waals surface area contributed by atoms with Crippen LogP contribution in [-0.4, -0.2) is 69.0 Å². The number of fused-ring (bicyclic) bond motifs is 1. The number of benzene rings is 1. The number of carbonyl (C=O) groups is 1. The van der Waals surface area contributed by atoms with Gasteiger partial charge in [0.25, 0.3) is 5.91 Å². The standard InChI is InChI=1S/C25H29N5O5S/c1-24(2,15-31)36(33,34)25(9-10-25)14-30-11-8-18-21(27-29(3)22(18)23(30)32)19-12-20(35-28-19)17-6-4-16(13-26)5-7-17/h4-7,20,31H,8-12,14-15H2,1-3H3/t20-/m0/s1. The van der Waals surface area contributed by atoms with Gasteiger partial charge < -0.3 is 14.8 Å². The fraction of sp³-hybridized carbons (Fsp3) is 0.520. The molecular formula is C25H29N5O5S. The van der Waals surface area contributed by atoms with Crippen LogP contribution in [0.2, 0.25) is 0 Å². The number of carbonyl (C=O) groups excluding carboxylic acids is 1. The quantitative estimate of drug-likeness (QED) is 0.599. The molecule has 1 atom stereocenters. The molecule has 1 amide bonds. The second-order valence-corrected chi connectivity index (χ2v) is 13.4. The molecule has 190 valence electrons. The highest BCUT2D eigenvalue weighted by Crippen LogP contribution is 2.49. The number of hydrogen-bond donors (Lipinski definition) is 1. The Balaban J connectivity index is 1.35. The molecule has 10 nitrogen and oxygen atoms in total. The van der Waals surface area contributed by atoms with E-state index in [1.54, 1.807) is 28.8 Å². The van der Waals surface area contributed by atoms with Gasteiger partial charge in [-0.1, -0.05) is 17.3 Å². The van der Waals surface area contributed by atoms with Gasteiger partial charge in [0.05, 0.1) is 27.7 Å². The number of rotatable bonds is 7. The Morgan fingerprint density at radius 1 is 1.28 bits per heavy atom. The number of aliphatic hydroxyl groups excluding tert-OH is 1. The molecule has 5 rings (SSSR count). The minimum absolute atomic E-state index is 0.113. The summed E-state index contributed by atoms with van der Waals surface area (Å²) in [5.41, 5.74) is 4.00. The van der Waals surface area contributed by atoms with Crippen LogP contribution in [0.25, 0.3) is 0 Å². The average molecular weight is 512 g/mol. The van der Waals surface area contributed by atoms with Crippen molar-refractivity contribution in [2.24, 2.45) is 12.2 Å². The zero-order valence-corrected chi connectivity index (χ0v) is 21.4. The summed E-state index contributed by atoms with van der Waals surface area (Å²) in [5, 5.41) is 27.5. The molecule has 1 saturated carbocycles. The van der Waals surface area contributed by atoms with E-state index in [9.17, 15) is 18.3 Å². The van der Waals surface area contributed by atoms with Crippen LogP contribution in [-0.2, 0) is 28.1 Å². The predicted octanol–water partition coefficient (Wildman–Crippen LogP) is 1.87. The zero-order valence-electron chi connectivity index (χ0n) is 20.6. The van der Waals surface area contributed by atoms with Gasteiger partial charge >= 0.3 is 0 Å². The maximum absolute atomic E-state index is 13.5. The van der Waals surface area contributed by atoms with Crippen LogP contribution in [0, 0.1) is 11.3 Å². The highest BCUT2D eigenvalue weighted by atomic mass is 32.2. The Hall–Kier alpha value is -3.23. The summed E-state index contributed by atoms with van der Waals surface area (Å²) in [6, 6.07) is 9.26. The van der Waals surface area contributed by atoms with Crippen molar-refractivity contribution in [2.75, 3.05) is 19.7 Å². The summed E-state index contributed by atoms with van der Waals surface area (Å²) < 4.78 is 25.8. The van der Waals surface area contributed by atoms with Crippen LogP contribution in [0.5, 0.6) is 0 Å². The van der Waals surface area contributed by atoms with Crippen LogP contribution in [0.4, 0.5) is 0 Å². The third-order valence-corrected chi connectivity index (χ3v) is 10.8. The second kappa shape index (κ2) is 8.42. The highest BCUT2D eigenvalue weighted by molar-refractivity contribution is 7.94. The number of hydrogen-bond acceptors (Lipinski definition) is 8. The number of aliphatic hydroxyl groups is 1. The van der Waals surface area contributed by atoms with Crippen LogP contribution in [0.3, 0.4) is 0 Å². The lowest BCUT2D eigenvalue weighted by atomic mass is 9.97. The van der Waals surface area contributed by atoms with E-state index in [1.807, 2.05) is 12.1 Å². The van der Waals surface area contributed by atoms with Gasteiger partial charge in [0.2, 0.25) is 0 Å². The van der Waals surface area contributed by atoms with Crippen LogP contribution in [0.15, 0.2) is 29.4 Å². The Bertz CT molecular complexity index is 1400. The molecule has 3 aliphatic rings. The molecule has 1 aromatic carbocycles. The normalized spacial score (nSPS) is 21.0. The molecule has 0 spiro atoms. The van der Waals surface area contributed by atoms with Gasteiger partial charge in [-0.15, -0.1) is 0 Å². The number of oxime groups is 1. The number of nitriles is 1. The third-order valence-electron chi connectivity index (χ3n) is 7.59. The van der Waals surface area contributed by atoms with Crippen LogP contribution in [0.1, 0.15) is 72.1 Å². The fourth-order valence-corrected chi connectivity index (χ4v) is 7.40. The molecule has 1 N–H and O–H groups in total. The summed E-state index contributed by atoms with van der Waals surface area (Å²) in [6.07, 6.45) is 1.69. The van der Waals surface area contributed by atoms with Gasteiger partial charge in [0, 0.05) is 32.1 Å². The number of nitrogens with zero attached hydrogens (tertiary/aromatic N) is 5. The van der Waals surface area contributed by atoms with Crippen molar-refractivity contribution < 1.29 is 23.2 Å². The molecule has 2 aliphatic heterocycles. The first-order valence-electron chi connectivity index (χ1n) is 12.0. The lowest BCUT2D eigenvalue weighted by Gasteiger charge is -2.34. The molecule has 1 aliphatic carbocycles. The minimum atomic E-state index is -3.65. The molecule has 0 radical (unpaired) electrons. The first kappa shape index (κ1) is 24.5. The number of amides is 1. The lowest BCUT2D eigenvalue weighted by molar-refractivity contribution is 0.0724. The van der Waals surface area contributed by atoms with Crippen molar-refractivity contribution >= 4 is 21.5 Å². The molecule has 11 heteroatoms. The van der Waals surface area contributed by atoms with Crippen LogP contribution < -0.4 is 0 Å². The number of sulfone groups is 1. The average Bonchev–Trinajstić information content (AvgIpc) is 3.36. The molecule has 2 aromatic rings. The first-order valence-corrected chi connectivity index (χ1v) is 13.5. The largest absolute Gasteiger partial charge is 0.395 e. The highest BCUT2D eigenvalue weighted by Gasteiger charge is 2.60. The molecule has 0 bridgehead atoms. The SMILES string of the molecule is Cn1nc(C2=NO[C@H](c3ccc(C#N)cc3)C2)c2c1C(=O)N(CC1(S(=O)(=O)C(C)(C)CO)CC1)CC2. The van der Waals surface area contributed by atoms with E-state index in [2.05, 4.69) is 16.3 Å². The molecule has 0 unspecified atom stereocenters. The lowest BCUT2D eigenvalue weighted by Crippen LogP contribution is -2.51. The molecule has 1 aromatic heterocycles. The van der Waals surface area contributed by atoms with Crippen molar-refractivity contribution in [1.29, 1.82) is 5.26 Å². The molecule has 36 heavy (non-hydrogen) atoms. The van der Waals surface area contributed by atoms with E-state index in [1.165, 1.54) is 13.8 Å². The van der Waals surface area contributed by atoms with E-state index in [0.717, 1.165) is 11.1 Å². The topological polar surface area (TPSA) is 138 Å². The van der Waals surface area contributed by atoms with Gasteiger partial charge in [-0.2, -0.15) is 10.4 Å². The third kappa shape index (κ3) is 3.71. The van der Waals surface area contributed by atoms with E-state index in [-0.39, 0.29) is 18.6 Å². The Morgan fingerprint density at radius 3 is 2.58 bits per heavy atom. The van der Waals surface area contributed by atoms with Crippen molar-refractivity contribution in [3.8, 4) is 6.07 Å². The Kier molecular flexibility index (Phi) is 5.72. The van der Waals surface area contributed by atoms with Gasteiger partial charge in [-0.3, -0.25) is 9.48 Å². The van der Waals surface area contributed by atoms with Gasteiger partial charge in [-0.25, -0.2) is 8.42 Å². The molecule has 1 fully saturated rings. The summed E-state index contributed by atoms with van der Waals surface area (Å²) in [4.78, 5) is 20.8. The summed E-state index contributed by atoms with van der Waals surface area (Å²) >= 11 is 0. The first-order chi connectivity index (χ1) is 17.0. The van der Waals surface area contributed by atoms with Gasteiger partial charge in [-0.05, 0) is 50.8 Å². The molecular weight excluding hydrogens is 482 g/mol. The maximum atomic E-state index is 13.5. The fourth-order valence-electron chi connectivity index (χ4n) is 5.09. The van der Waals surface area contributed by atoms with E-state index >= 15 is 0 Å². The van der Waals surface area contributed by atoms with Crippen molar-refractivity contribution in [2.45, 2.75) is 55.1 Å². The second-order valence-electron chi connectivity index (χ2n) is 10.5. The summed E-state index contributed by atoms with van der Waals surface area (Å²) in [7, 11) is -1.95. The summed E-state index contributed by atoms with van der Waals surface area (Å²) in [6.45, 7) is 3.09. The smallest absolute Gasteiger partial charge is 0.272 e.